The molecular formula is C35H22IrN3-. The van der Waals surface area contributed by atoms with Crippen molar-refractivity contribution in [3.63, 3.8) is 0 Å². The Morgan fingerprint density at radius 2 is 1.10 bits per heavy atom. The van der Waals surface area contributed by atoms with Crippen LogP contribution < -0.4 is 0 Å². The Labute approximate surface area is 240 Å². The van der Waals surface area contributed by atoms with Gasteiger partial charge in [-0.2, -0.15) is 0 Å². The first kappa shape index (κ1) is 24.8. The summed E-state index contributed by atoms with van der Waals surface area (Å²) in [7, 11) is 0. The van der Waals surface area contributed by atoms with Crippen LogP contribution >= 0.6 is 0 Å². The van der Waals surface area contributed by atoms with E-state index in [9.17, 15) is 0 Å². The van der Waals surface area contributed by atoms with E-state index < -0.39 is 0 Å². The quantitative estimate of drug-likeness (QED) is 0.172. The van der Waals surface area contributed by atoms with Gasteiger partial charge >= 0.3 is 0 Å². The molecular weight excluding hydrogens is 655 g/mol. The van der Waals surface area contributed by atoms with E-state index in [4.69, 9.17) is 4.98 Å². The first-order chi connectivity index (χ1) is 18.8. The summed E-state index contributed by atoms with van der Waals surface area (Å²) in [5.74, 6) is 0. The van der Waals surface area contributed by atoms with Crippen LogP contribution in [0, 0.1) is 6.07 Å². The summed E-state index contributed by atoms with van der Waals surface area (Å²) in [6, 6.07) is 44.9. The number of rotatable bonds is 2. The Hall–Kier alpha value is -4.50. The van der Waals surface area contributed by atoms with Gasteiger partial charge in [0, 0.05) is 37.9 Å². The molecule has 3 nitrogen and oxygen atoms in total. The molecule has 0 amide bonds. The molecule has 187 valence electrons. The van der Waals surface area contributed by atoms with Crippen LogP contribution in [-0.2, 0) is 20.1 Å². The molecule has 0 spiro atoms. The second kappa shape index (κ2) is 10.7. The van der Waals surface area contributed by atoms with Crippen molar-refractivity contribution in [3.8, 4) is 44.9 Å². The number of nitrogens with zero attached hydrogens (tertiary/aromatic N) is 3. The van der Waals surface area contributed by atoms with E-state index in [-0.39, 0.29) is 20.1 Å². The fourth-order valence-electron chi connectivity index (χ4n) is 5.12. The number of hydrogen-bond donors (Lipinski definition) is 0. The van der Waals surface area contributed by atoms with Crippen LogP contribution in [0.25, 0.3) is 66.6 Å². The zero-order valence-corrected chi connectivity index (χ0v) is 23.3. The van der Waals surface area contributed by atoms with Crippen molar-refractivity contribution in [2.24, 2.45) is 0 Å². The Kier molecular flexibility index (Phi) is 6.81. The molecule has 0 saturated carbocycles. The maximum absolute atomic E-state index is 4.97. The van der Waals surface area contributed by atoms with Crippen LogP contribution in [0.3, 0.4) is 0 Å². The fraction of sp³-hybridized carbons (Fsp3) is 0. The standard InChI is InChI=1S/C25H14N.C10H8N2.Ir/c1-2-7-17-14-18(13-12-16(17)6-1)24-15-22-20-9-4-3-8-19(20)21-10-5-11-23(26-24)25(21)22;1-3-7-11-9(5-1)10-6-2-4-8-12-10;/h1-12,14-15H;1-8H;/q-1;;. The SMILES string of the molecule is [Ir].[c-]1cc2ccccc2cc1-c1cc2c3c(cccc3n1)-c1ccccc1-2.c1ccc(-c2ccccn2)nc1. The normalized spacial score (nSPS) is 10.9. The van der Waals surface area contributed by atoms with E-state index in [0.29, 0.717) is 0 Å². The molecule has 0 fully saturated rings. The van der Waals surface area contributed by atoms with Crippen LogP contribution in [0.5, 0.6) is 0 Å². The first-order valence-corrected chi connectivity index (χ1v) is 12.6. The van der Waals surface area contributed by atoms with Crippen molar-refractivity contribution in [2.75, 3.05) is 0 Å². The van der Waals surface area contributed by atoms with Crippen molar-refractivity contribution >= 4 is 21.7 Å². The number of hydrogen-bond acceptors (Lipinski definition) is 3. The molecule has 0 bridgehead atoms. The Bertz CT molecular complexity index is 1880. The summed E-state index contributed by atoms with van der Waals surface area (Å²) in [5.41, 5.74) is 10.1. The van der Waals surface area contributed by atoms with Gasteiger partial charge in [-0.3, -0.25) is 15.0 Å². The van der Waals surface area contributed by atoms with Gasteiger partial charge in [-0.05, 0) is 58.3 Å². The van der Waals surface area contributed by atoms with Crippen molar-refractivity contribution in [1.82, 2.24) is 15.0 Å². The molecule has 0 atom stereocenters. The van der Waals surface area contributed by atoms with Crippen LogP contribution in [0.2, 0.25) is 0 Å². The third-order valence-electron chi connectivity index (χ3n) is 6.89. The second-order valence-electron chi connectivity index (χ2n) is 9.21. The summed E-state index contributed by atoms with van der Waals surface area (Å²) >= 11 is 0. The Morgan fingerprint density at radius 1 is 0.487 bits per heavy atom. The molecule has 3 aromatic heterocycles. The summed E-state index contributed by atoms with van der Waals surface area (Å²) in [6.45, 7) is 0. The average molecular weight is 677 g/mol. The second-order valence-corrected chi connectivity index (χ2v) is 9.21. The van der Waals surface area contributed by atoms with Gasteiger partial charge in [-0.25, -0.2) is 0 Å². The third kappa shape index (κ3) is 4.66. The topological polar surface area (TPSA) is 38.7 Å². The molecule has 4 heteroatoms. The number of pyridine rings is 3. The number of benzene rings is 4. The first-order valence-electron chi connectivity index (χ1n) is 12.6. The molecule has 0 saturated heterocycles. The molecule has 7 aromatic rings. The van der Waals surface area contributed by atoms with E-state index in [1.54, 1.807) is 12.4 Å². The van der Waals surface area contributed by atoms with E-state index in [0.717, 1.165) is 28.2 Å². The molecule has 8 rings (SSSR count). The van der Waals surface area contributed by atoms with Gasteiger partial charge in [0.2, 0.25) is 0 Å². The summed E-state index contributed by atoms with van der Waals surface area (Å²) in [4.78, 5) is 13.3. The number of fused-ring (bicyclic) bond motifs is 4. The molecule has 0 unspecified atom stereocenters. The zero-order chi connectivity index (χ0) is 25.3. The van der Waals surface area contributed by atoms with Gasteiger partial charge in [0.25, 0.3) is 0 Å². The van der Waals surface area contributed by atoms with Gasteiger partial charge in [0.05, 0.1) is 16.9 Å². The maximum atomic E-state index is 4.97. The predicted octanol–water partition coefficient (Wildman–Crippen LogP) is 8.64. The van der Waals surface area contributed by atoms with E-state index >= 15 is 0 Å². The smallest absolute Gasteiger partial charge is 0.0886 e. The summed E-state index contributed by atoms with van der Waals surface area (Å²) in [5, 5.41) is 3.68. The van der Waals surface area contributed by atoms with E-state index in [1.807, 2.05) is 36.4 Å². The minimum atomic E-state index is 0. The van der Waals surface area contributed by atoms with Crippen LogP contribution in [0.4, 0.5) is 0 Å². The Balaban J connectivity index is 0.000000180. The molecule has 0 N–H and O–H groups in total. The van der Waals surface area contributed by atoms with Crippen LogP contribution in [0.1, 0.15) is 0 Å². The van der Waals surface area contributed by atoms with Crippen molar-refractivity contribution in [2.45, 2.75) is 0 Å². The average Bonchev–Trinajstić information content (AvgIpc) is 3.33. The molecule has 39 heavy (non-hydrogen) atoms. The van der Waals surface area contributed by atoms with Gasteiger partial charge in [-0.1, -0.05) is 84.2 Å². The molecule has 4 aromatic carbocycles. The molecule has 1 aliphatic carbocycles. The third-order valence-corrected chi connectivity index (χ3v) is 6.89. The summed E-state index contributed by atoms with van der Waals surface area (Å²) in [6.07, 6.45) is 3.54. The van der Waals surface area contributed by atoms with Crippen molar-refractivity contribution in [1.29, 1.82) is 0 Å². The predicted molar refractivity (Wildman–Crippen MR) is 155 cm³/mol. The monoisotopic (exact) mass is 677 g/mol. The molecule has 1 aliphatic rings. The number of aromatic nitrogens is 3. The largest absolute Gasteiger partial charge is 0.296 e. The maximum Gasteiger partial charge on any atom is 0.0886 e. The van der Waals surface area contributed by atoms with Crippen molar-refractivity contribution in [3.05, 3.63) is 140 Å². The minimum Gasteiger partial charge on any atom is -0.296 e. The molecule has 1 radical (unpaired) electrons. The van der Waals surface area contributed by atoms with Gasteiger partial charge < -0.3 is 0 Å². The van der Waals surface area contributed by atoms with Gasteiger partial charge in [0.1, 0.15) is 0 Å². The van der Waals surface area contributed by atoms with Gasteiger partial charge in [-0.15, -0.1) is 29.1 Å². The summed E-state index contributed by atoms with van der Waals surface area (Å²) < 4.78 is 0. The minimum absolute atomic E-state index is 0. The molecule has 3 heterocycles. The van der Waals surface area contributed by atoms with Gasteiger partial charge in [0.15, 0.2) is 0 Å². The molecule has 0 aliphatic heterocycles. The zero-order valence-electron chi connectivity index (χ0n) is 20.9. The van der Waals surface area contributed by atoms with Crippen molar-refractivity contribution < 1.29 is 20.1 Å². The van der Waals surface area contributed by atoms with Crippen LogP contribution in [0.15, 0.2) is 134 Å². The Morgan fingerprint density at radius 3 is 1.79 bits per heavy atom. The fourth-order valence-corrected chi connectivity index (χ4v) is 5.12. The van der Waals surface area contributed by atoms with E-state index in [1.165, 1.54) is 38.4 Å². The van der Waals surface area contributed by atoms with Crippen LogP contribution in [-0.4, -0.2) is 15.0 Å². The van der Waals surface area contributed by atoms with E-state index in [2.05, 4.69) is 101 Å².